The fourth-order valence-electron chi connectivity index (χ4n) is 6.67. The molecule has 0 N–H and O–H groups in total. The minimum atomic E-state index is 0.00517. The van der Waals surface area contributed by atoms with Crippen LogP contribution in [0.2, 0.25) is 0 Å². The van der Waals surface area contributed by atoms with Gasteiger partial charge in [-0.15, -0.1) is 0 Å². The van der Waals surface area contributed by atoms with Crippen molar-refractivity contribution in [1.29, 1.82) is 0 Å². The van der Waals surface area contributed by atoms with E-state index in [1.54, 1.807) is 7.11 Å². The summed E-state index contributed by atoms with van der Waals surface area (Å²) in [5.41, 5.74) is 5.22. The van der Waals surface area contributed by atoms with Crippen molar-refractivity contribution in [2.24, 2.45) is 13.0 Å². The Bertz CT molecular complexity index is 1240. The molecule has 5 rings (SSSR count). The van der Waals surface area contributed by atoms with E-state index < -0.39 is 0 Å². The first-order valence-corrected chi connectivity index (χ1v) is 13.7. The summed E-state index contributed by atoms with van der Waals surface area (Å²) in [6, 6.07) is 17.2. The van der Waals surface area contributed by atoms with Crippen molar-refractivity contribution in [2.75, 3.05) is 47.4 Å². The molecule has 37 heavy (non-hydrogen) atoms. The fraction of sp³-hybridized carbons (Fsp3) is 0.516. The molecule has 2 aliphatic rings. The molecule has 0 spiro atoms. The van der Waals surface area contributed by atoms with E-state index in [4.69, 9.17) is 4.74 Å². The van der Waals surface area contributed by atoms with E-state index in [1.807, 2.05) is 6.07 Å². The summed E-state index contributed by atoms with van der Waals surface area (Å²) < 4.78 is 7.72. The number of piperidine rings is 2. The van der Waals surface area contributed by atoms with Crippen LogP contribution in [0.4, 0.5) is 0 Å². The smallest absolute Gasteiger partial charge is 0.226 e. The molecule has 2 aromatic carbocycles. The largest absolute Gasteiger partial charge is 0.497 e. The van der Waals surface area contributed by atoms with E-state index in [0.717, 1.165) is 64.2 Å². The highest BCUT2D eigenvalue weighted by atomic mass is 16.5. The third kappa shape index (κ3) is 4.77. The quantitative estimate of drug-likeness (QED) is 0.486. The zero-order valence-electron chi connectivity index (χ0n) is 23.2. The second kappa shape index (κ2) is 10.5. The van der Waals surface area contributed by atoms with Crippen LogP contribution in [0.1, 0.15) is 42.5 Å². The Labute approximate surface area is 221 Å². The first kappa shape index (κ1) is 25.8. The second-order valence-electron chi connectivity index (χ2n) is 11.2. The minimum absolute atomic E-state index is 0.00517. The minimum Gasteiger partial charge on any atom is -0.497 e. The van der Waals surface area contributed by atoms with Gasteiger partial charge in [0.2, 0.25) is 5.91 Å². The number of rotatable bonds is 6. The van der Waals surface area contributed by atoms with Crippen LogP contribution in [0, 0.1) is 12.8 Å². The number of nitrogens with zero attached hydrogens (tertiary/aromatic N) is 4. The average molecular weight is 503 g/mol. The maximum atomic E-state index is 13.7. The number of ether oxygens (including phenoxy) is 1. The van der Waals surface area contributed by atoms with Gasteiger partial charge in [0.25, 0.3) is 0 Å². The van der Waals surface area contributed by atoms with Crippen molar-refractivity contribution in [1.82, 2.24) is 19.3 Å². The van der Waals surface area contributed by atoms with E-state index in [-0.39, 0.29) is 11.5 Å². The number of hydrogen-bond acceptors (Lipinski definition) is 4. The van der Waals surface area contributed by atoms with E-state index in [2.05, 4.69) is 89.8 Å². The van der Waals surface area contributed by atoms with Crippen molar-refractivity contribution in [3.8, 4) is 5.75 Å². The van der Waals surface area contributed by atoms with Crippen molar-refractivity contribution < 1.29 is 9.53 Å². The molecule has 3 aromatic rings. The van der Waals surface area contributed by atoms with E-state index in [1.165, 1.54) is 27.7 Å². The van der Waals surface area contributed by atoms with E-state index >= 15 is 0 Å². The number of carbonyl (C=O) groups is 1. The summed E-state index contributed by atoms with van der Waals surface area (Å²) in [4.78, 5) is 20.7. The van der Waals surface area contributed by atoms with Crippen molar-refractivity contribution in [3.63, 3.8) is 0 Å². The molecule has 2 aliphatic heterocycles. The highest BCUT2D eigenvalue weighted by molar-refractivity contribution is 5.86. The summed E-state index contributed by atoms with van der Waals surface area (Å²) in [6.07, 6.45) is 4.03. The lowest BCUT2D eigenvalue weighted by Crippen LogP contribution is -2.54. The van der Waals surface area contributed by atoms with Gasteiger partial charge in [0.15, 0.2) is 0 Å². The Hall–Kier alpha value is -2.83. The molecule has 2 fully saturated rings. The Kier molecular flexibility index (Phi) is 7.32. The van der Waals surface area contributed by atoms with Gasteiger partial charge in [-0.2, -0.15) is 0 Å². The normalized spacial score (nSPS) is 20.5. The van der Waals surface area contributed by atoms with E-state index in [0.29, 0.717) is 5.91 Å². The molecule has 3 heterocycles. The third-order valence-corrected chi connectivity index (χ3v) is 9.14. The number of carbonyl (C=O) groups excluding carboxylic acids is 1. The predicted octanol–water partition coefficient (Wildman–Crippen LogP) is 4.79. The van der Waals surface area contributed by atoms with Gasteiger partial charge in [-0.3, -0.25) is 14.6 Å². The molecule has 1 aromatic heterocycles. The average Bonchev–Trinajstić information content (AvgIpc) is 3.17. The van der Waals surface area contributed by atoms with Crippen molar-refractivity contribution >= 4 is 16.8 Å². The highest BCUT2D eigenvalue weighted by Gasteiger charge is 2.40. The summed E-state index contributed by atoms with van der Waals surface area (Å²) >= 11 is 0. The van der Waals surface area contributed by atoms with Gasteiger partial charge in [0.05, 0.1) is 18.5 Å². The van der Waals surface area contributed by atoms with E-state index in [9.17, 15) is 4.79 Å². The molecule has 2 saturated heterocycles. The van der Waals surface area contributed by atoms with Crippen LogP contribution in [-0.4, -0.2) is 72.6 Å². The van der Waals surface area contributed by atoms with Gasteiger partial charge in [-0.25, -0.2) is 0 Å². The number of methoxy groups -OCH3 is 1. The monoisotopic (exact) mass is 502 g/mol. The SMILES string of the molecule is COc1ccc2c(CN3CCCC(C(=O)N4CCC(c5ccccc5)(N(C)C)CC4)C3)c(C)n(C)c2c1. The lowest BCUT2D eigenvalue weighted by molar-refractivity contribution is -0.140. The molecule has 198 valence electrons. The van der Waals surface area contributed by atoms with Crippen LogP contribution in [-0.2, 0) is 23.9 Å². The Balaban J connectivity index is 1.26. The van der Waals surface area contributed by atoms with Crippen LogP contribution in [0.5, 0.6) is 5.75 Å². The van der Waals surface area contributed by atoms with Gasteiger partial charge in [-0.05, 0) is 76.5 Å². The molecule has 0 saturated carbocycles. The Morgan fingerprint density at radius 3 is 2.49 bits per heavy atom. The maximum Gasteiger partial charge on any atom is 0.226 e. The summed E-state index contributed by atoms with van der Waals surface area (Å²) in [5.74, 6) is 1.33. The Morgan fingerprint density at radius 2 is 1.81 bits per heavy atom. The van der Waals surface area contributed by atoms with Gasteiger partial charge >= 0.3 is 0 Å². The predicted molar refractivity (Wildman–Crippen MR) is 150 cm³/mol. The lowest BCUT2D eigenvalue weighted by Gasteiger charge is -2.47. The van der Waals surface area contributed by atoms with Crippen LogP contribution in [0.25, 0.3) is 10.9 Å². The standard InChI is InChI=1S/C31H42N4O2/c1-23-28(27-14-13-26(37-5)20-29(27)33(23)4)22-34-17-9-10-24(21-34)30(36)35-18-15-31(16-19-35,32(2)3)25-11-7-6-8-12-25/h6-8,11-14,20,24H,9-10,15-19,21-22H2,1-5H3. The Morgan fingerprint density at radius 1 is 1.08 bits per heavy atom. The number of likely N-dealkylation sites (tertiary alicyclic amines) is 2. The van der Waals surface area contributed by atoms with Crippen molar-refractivity contribution in [2.45, 2.75) is 44.7 Å². The molecule has 0 bridgehead atoms. The first-order valence-electron chi connectivity index (χ1n) is 13.7. The summed E-state index contributed by atoms with van der Waals surface area (Å²) in [7, 11) is 8.19. The third-order valence-electron chi connectivity index (χ3n) is 9.14. The maximum absolute atomic E-state index is 13.7. The van der Waals surface area contributed by atoms with Gasteiger partial charge in [0, 0.05) is 55.9 Å². The van der Waals surface area contributed by atoms with Crippen LogP contribution < -0.4 is 4.74 Å². The van der Waals surface area contributed by atoms with Crippen LogP contribution in [0.3, 0.4) is 0 Å². The molecule has 6 heteroatoms. The van der Waals surface area contributed by atoms with Crippen LogP contribution >= 0.6 is 0 Å². The zero-order chi connectivity index (χ0) is 26.2. The molecule has 0 radical (unpaired) electrons. The molecule has 1 amide bonds. The van der Waals surface area contributed by atoms with Crippen LogP contribution in [0.15, 0.2) is 48.5 Å². The number of benzene rings is 2. The molecule has 0 aliphatic carbocycles. The summed E-state index contributed by atoms with van der Waals surface area (Å²) in [6.45, 7) is 6.63. The molecule has 1 atom stereocenters. The topological polar surface area (TPSA) is 41.0 Å². The van der Waals surface area contributed by atoms with Crippen molar-refractivity contribution in [3.05, 3.63) is 65.4 Å². The number of aromatic nitrogens is 1. The molecular weight excluding hydrogens is 460 g/mol. The first-order chi connectivity index (χ1) is 17.8. The molecule has 6 nitrogen and oxygen atoms in total. The number of fused-ring (bicyclic) bond motifs is 1. The number of amides is 1. The van der Waals surface area contributed by atoms with Gasteiger partial charge in [0.1, 0.15) is 5.75 Å². The van der Waals surface area contributed by atoms with Gasteiger partial charge in [-0.1, -0.05) is 30.3 Å². The van der Waals surface area contributed by atoms with Gasteiger partial charge < -0.3 is 14.2 Å². The zero-order valence-corrected chi connectivity index (χ0v) is 23.2. The second-order valence-corrected chi connectivity index (χ2v) is 11.2. The fourth-order valence-corrected chi connectivity index (χ4v) is 6.67. The lowest BCUT2D eigenvalue weighted by atomic mass is 9.79. The number of hydrogen-bond donors (Lipinski definition) is 0. The molecule has 1 unspecified atom stereocenters. The highest BCUT2D eigenvalue weighted by Crippen LogP contribution is 2.38. The molecular formula is C31H42N4O2. The summed E-state index contributed by atoms with van der Waals surface area (Å²) in [5, 5.41) is 1.28. The number of aryl methyl sites for hydroxylation is 1.